The number of likely N-dealkylation sites (tertiary alicyclic amines) is 1. The number of hydrogen-bond donors (Lipinski definition) is 0. The standard InChI is InChI=1S/C23H24N4O4/c1-13-21(14(2)31-26-13)23(28)27-10-16(11-30-20-8-9-24-15(3)25-20)18-12-29-19-7-5-4-6-17(19)22(18)27/h4-9,16,18,22H,10-12H2,1-3H3/t16-,18-,22-/m0/s1. The van der Waals surface area contributed by atoms with E-state index in [4.69, 9.17) is 14.0 Å². The number of nitrogens with zero attached hydrogens (tertiary/aromatic N) is 4. The van der Waals surface area contributed by atoms with Crippen LogP contribution >= 0.6 is 0 Å². The Morgan fingerprint density at radius 2 is 2.06 bits per heavy atom. The number of aryl methyl sites for hydroxylation is 3. The number of hydrogen-bond acceptors (Lipinski definition) is 7. The lowest BCUT2D eigenvalue weighted by atomic mass is 9.85. The molecule has 1 saturated heterocycles. The van der Waals surface area contributed by atoms with E-state index in [2.05, 4.69) is 15.1 Å². The summed E-state index contributed by atoms with van der Waals surface area (Å²) in [7, 11) is 0. The molecule has 1 amide bonds. The van der Waals surface area contributed by atoms with E-state index in [0.29, 0.717) is 48.5 Å². The number of fused-ring (bicyclic) bond motifs is 3. The molecule has 1 aromatic carbocycles. The summed E-state index contributed by atoms with van der Waals surface area (Å²) in [6, 6.07) is 9.59. The summed E-state index contributed by atoms with van der Waals surface area (Å²) < 4.78 is 17.3. The maximum atomic E-state index is 13.6. The largest absolute Gasteiger partial charge is 0.493 e. The highest BCUT2D eigenvalue weighted by Crippen LogP contribution is 2.48. The monoisotopic (exact) mass is 420 g/mol. The Morgan fingerprint density at radius 3 is 2.84 bits per heavy atom. The van der Waals surface area contributed by atoms with E-state index < -0.39 is 0 Å². The van der Waals surface area contributed by atoms with E-state index in [1.807, 2.05) is 36.1 Å². The number of aromatic nitrogens is 3. The average Bonchev–Trinajstić information content (AvgIpc) is 3.32. The number of carbonyl (C=O) groups excluding carboxylic acids is 1. The maximum absolute atomic E-state index is 13.6. The van der Waals surface area contributed by atoms with Crippen molar-refractivity contribution in [2.45, 2.75) is 26.8 Å². The molecule has 2 aliphatic heterocycles. The topological polar surface area (TPSA) is 90.6 Å². The van der Waals surface area contributed by atoms with Gasteiger partial charge in [0, 0.05) is 36.2 Å². The summed E-state index contributed by atoms with van der Waals surface area (Å²) in [5, 5.41) is 3.97. The van der Waals surface area contributed by atoms with Crippen molar-refractivity contribution >= 4 is 5.91 Å². The third-order valence-corrected chi connectivity index (χ3v) is 6.15. The van der Waals surface area contributed by atoms with Gasteiger partial charge in [-0.05, 0) is 26.8 Å². The van der Waals surface area contributed by atoms with Crippen molar-refractivity contribution in [2.24, 2.45) is 11.8 Å². The van der Waals surface area contributed by atoms with Crippen LogP contribution in [-0.2, 0) is 0 Å². The predicted octanol–water partition coefficient (Wildman–Crippen LogP) is 3.29. The first-order valence-corrected chi connectivity index (χ1v) is 10.4. The van der Waals surface area contributed by atoms with Gasteiger partial charge in [-0.15, -0.1) is 0 Å². The van der Waals surface area contributed by atoms with Crippen LogP contribution < -0.4 is 9.47 Å². The number of para-hydroxylation sites is 1. The Balaban J connectivity index is 1.46. The van der Waals surface area contributed by atoms with E-state index in [9.17, 15) is 4.79 Å². The summed E-state index contributed by atoms with van der Waals surface area (Å²) in [5.74, 6) is 2.70. The highest BCUT2D eigenvalue weighted by atomic mass is 16.5. The molecule has 0 unspecified atom stereocenters. The fourth-order valence-electron chi connectivity index (χ4n) is 4.68. The van der Waals surface area contributed by atoms with Gasteiger partial charge in [0.1, 0.15) is 22.9 Å². The zero-order valence-electron chi connectivity index (χ0n) is 17.7. The van der Waals surface area contributed by atoms with Gasteiger partial charge < -0.3 is 18.9 Å². The van der Waals surface area contributed by atoms with Crippen LogP contribution in [0.1, 0.15) is 39.2 Å². The molecule has 0 bridgehead atoms. The molecule has 3 aromatic rings. The predicted molar refractivity (Wildman–Crippen MR) is 111 cm³/mol. The van der Waals surface area contributed by atoms with Crippen molar-refractivity contribution in [3.8, 4) is 11.6 Å². The van der Waals surface area contributed by atoms with Gasteiger partial charge in [0.05, 0.1) is 24.9 Å². The lowest BCUT2D eigenvalue weighted by Crippen LogP contribution is -2.36. The average molecular weight is 420 g/mol. The molecule has 0 N–H and O–H groups in total. The fraction of sp³-hybridized carbons (Fsp3) is 0.391. The van der Waals surface area contributed by atoms with E-state index in [1.165, 1.54) is 0 Å². The van der Waals surface area contributed by atoms with Crippen LogP contribution in [0, 0.1) is 32.6 Å². The molecule has 8 nitrogen and oxygen atoms in total. The molecule has 8 heteroatoms. The van der Waals surface area contributed by atoms with Crippen molar-refractivity contribution < 1.29 is 18.8 Å². The van der Waals surface area contributed by atoms with Crippen molar-refractivity contribution in [3.63, 3.8) is 0 Å². The van der Waals surface area contributed by atoms with E-state index in [0.717, 1.165) is 11.3 Å². The minimum atomic E-state index is -0.0908. The normalized spacial score (nSPS) is 21.9. The Bertz CT molecular complexity index is 1110. The number of amides is 1. The van der Waals surface area contributed by atoms with Crippen molar-refractivity contribution in [2.75, 3.05) is 19.8 Å². The molecule has 2 aliphatic rings. The third-order valence-electron chi connectivity index (χ3n) is 6.15. The van der Waals surface area contributed by atoms with Gasteiger partial charge in [-0.25, -0.2) is 4.98 Å². The molecule has 31 heavy (non-hydrogen) atoms. The van der Waals surface area contributed by atoms with Gasteiger partial charge in [0.15, 0.2) is 0 Å². The second-order valence-electron chi connectivity index (χ2n) is 8.13. The molecule has 5 rings (SSSR count). The van der Waals surface area contributed by atoms with Crippen LogP contribution in [0.15, 0.2) is 41.1 Å². The number of rotatable bonds is 4. The molecule has 160 valence electrons. The molecule has 4 heterocycles. The zero-order valence-corrected chi connectivity index (χ0v) is 17.7. The Kier molecular flexibility index (Phi) is 4.84. The molecule has 0 aliphatic carbocycles. The number of benzene rings is 1. The van der Waals surface area contributed by atoms with Crippen LogP contribution in [0.2, 0.25) is 0 Å². The summed E-state index contributed by atoms with van der Waals surface area (Å²) >= 11 is 0. The van der Waals surface area contributed by atoms with Gasteiger partial charge in [0.2, 0.25) is 5.88 Å². The van der Waals surface area contributed by atoms with Crippen molar-refractivity contribution in [1.82, 2.24) is 20.0 Å². The van der Waals surface area contributed by atoms with Crippen molar-refractivity contribution in [3.05, 3.63) is 64.9 Å². The van der Waals surface area contributed by atoms with Crippen LogP contribution in [0.3, 0.4) is 0 Å². The van der Waals surface area contributed by atoms with Gasteiger partial charge in [-0.3, -0.25) is 4.79 Å². The Morgan fingerprint density at radius 1 is 1.23 bits per heavy atom. The first kappa shape index (κ1) is 19.5. The van der Waals surface area contributed by atoms with Gasteiger partial charge >= 0.3 is 0 Å². The minimum absolute atomic E-state index is 0.0664. The highest BCUT2D eigenvalue weighted by Gasteiger charge is 2.49. The Hall–Kier alpha value is -3.42. The van der Waals surface area contributed by atoms with E-state index in [1.54, 1.807) is 26.1 Å². The third kappa shape index (κ3) is 3.41. The van der Waals surface area contributed by atoms with Crippen LogP contribution in [-0.4, -0.2) is 45.7 Å². The van der Waals surface area contributed by atoms with Crippen LogP contribution in [0.5, 0.6) is 11.6 Å². The quantitative estimate of drug-likeness (QED) is 0.640. The fourth-order valence-corrected chi connectivity index (χ4v) is 4.68. The first-order valence-electron chi connectivity index (χ1n) is 10.4. The Labute approximate surface area is 180 Å². The molecular weight excluding hydrogens is 396 g/mol. The van der Waals surface area contributed by atoms with Gasteiger partial charge in [0.25, 0.3) is 5.91 Å². The molecule has 3 atom stereocenters. The minimum Gasteiger partial charge on any atom is -0.493 e. The second-order valence-corrected chi connectivity index (χ2v) is 8.13. The summed E-state index contributed by atoms with van der Waals surface area (Å²) in [5.41, 5.74) is 2.17. The molecule has 0 saturated carbocycles. The smallest absolute Gasteiger partial charge is 0.259 e. The van der Waals surface area contributed by atoms with E-state index in [-0.39, 0.29) is 23.8 Å². The number of ether oxygens (including phenoxy) is 2. The maximum Gasteiger partial charge on any atom is 0.259 e. The summed E-state index contributed by atoms with van der Waals surface area (Å²) in [6.07, 6.45) is 1.68. The van der Waals surface area contributed by atoms with Gasteiger partial charge in [-0.1, -0.05) is 23.4 Å². The van der Waals surface area contributed by atoms with E-state index >= 15 is 0 Å². The number of carbonyl (C=O) groups is 1. The molecule has 0 spiro atoms. The highest BCUT2D eigenvalue weighted by molar-refractivity contribution is 5.96. The first-order chi connectivity index (χ1) is 15.0. The van der Waals surface area contributed by atoms with Gasteiger partial charge in [-0.2, -0.15) is 4.98 Å². The lowest BCUT2D eigenvalue weighted by Gasteiger charge is -2.34. The molecular formula is C23H24N4O4. The second kappa shape index (κ2) is 7.68. The lowest BCUT2D eigenvalue weighted by molar-refractivity contribution is 0.0672. The summed E-state index contributed by atoms with van der Waals surface area (Å²) in [4.78, 5) is 24.0. The molecule has 0 radical (unpaired) electrons. The van der Waals surface area contributed by atoms with Crippen molar-refractivity contribution in [1.29, 1.82) is 0 Å². The SMILES string of the molecule is Cc1nccc(OC[C@@H]2CN(C(=O)c3c(C)noc3C)[C@H]3c4ccccc4OC[C@@H]23)n1. The summed E-state index contributed by atoms with van der Waals surface area (Å²) in [6.45, 7) is 6.93. The van der Waals surface area contributed by atoms with Crippen LogP contribution in [0.4, 0.5) is 0 Å². The zero-order chi connectivity index (χ0) is 21.5. The molecule has 2 aromatic heterocycles. The van der Waals surface area contributed by atoms with Crippen LogP contribution in [0.25, 0.3) is 0 Å². The molecule has 1 fully saturated rings.